The summed E-state index contributed by atoms with van der Waals surface area (Å²) in [4.78, 5) is 14.5. The van der Waals surface area contributed by atoms with Crippen molar-refractivity contribution in [3.8, 4) is 0 Å². The zero-order valence-electron chi connectivity index (χ0n) is 15.1. The summed E-state index contributed by atoms with van der Waals surface area (Å²) in [7, 11) is -3.81. The summed E-state index contributed by atoms with van der Waals surface area (Å²) < 4.78 is 40.9. The number of nitrogens with two attached hydrogens (primary N) is 1. The van der Waals surface area contributed by atoms with Crippen molar-refractivity contribution in [2.75, 3.05) is 19.6 Å². The van der Waals surface area contributed by atoms with Gasteiger partial charge in [0.25, 0.3) is 0 Å². The van der Waals surface area contributed by atoms with E-state index in [1.807, 2.05) is 0 Å². The van der Waals surface area contributed by atoms with E-state index in [1.54, 1.807) is 4.90 Å². The number of halogens is 2. The van der Waals surface area contributed by atoms with Crippen molar-refractivity contribution >= 4 is 28.3 Å². The predicted octanol–water partition coefficient (Wildman–Crippen LogP) is 1.89. The number of nitrogens with zero attached hydrogens (tertiary/aromatic N) is 1. The Hall–Kier alpha value is -1.22. The van der Waals surface area contributed by atoms with Crippen LogP contribution in [0.3, 0.4) is 0 Å². The lowest BCUT2D eigenvalue weighted by atomic mass is 9.93. The van der Waals surface area contributed by atoms with E-state index in [1.165, 1.54) is 18.2 Å². The summed E-state index contributed by atoms with van der Waals surface area (Å²) in [5.74, 6) is -0.319. The summed E-state index contributed by atoms with van der Waals surface area (Å²) in [6.07, 6.45) is 4.25. The summed E-state index contributed by atoms with van der Waals surface area (Å²) in [6, 6.07) is 4.57. The van der Waals surface area contributed by atoms with Crippen LogP contribution < -0.4 is 10.5 Å². The van der Waals surface area contributed by atoms with Gasteiger partial charge in [-0.25, -0.2) is 17.5 Å². The Labute approximate surface area is 166 Å². The molecule has 0 spiro atoms. The number of hydrogen-bond acceptors (Lipinski definition) is 4. The fourth-order valence-corrected chi connectivity index (χ4v) is 5.37. The third-order valence-electron chi connectivity index (χ3n) is 5.44. The molecule has 3 N–H and O–H groups in total. The minimum absolute atomic E-state index is 0. The van der Waals surface area contributed by atoms with E-state index in [0.717, 1.165) is 31.7 Å². The molecule has 2 fully saturated rings. The number of amides is 1. The Morgan fingerprint density at radius 3 is 2.74 bits per heavy atom. The first-order chi connectivity index (χ1) is 12.4. The number of sulfonamides is 1. The highest BCUT2D eigenvalue weighted by molar-refractivity contribution is 7.89. The van der Waals surface area contributed by atoms with Crippen LogP contribution in [0.1, 0.15) is 32.1 Å². The van der Waals surface area contributed by atoms with E-state index in [9.17, 15) is 17.6 Å². The molecule has 1 aromatic carbocycles. The molecule has 0 aromatic heterocycles. The molecule has 1 unspecified atom stereocenters. The average Bonchev–Trinajstić information content (AvgIpc) is 3.09. The molecule has 3 atom stereocenters. The van der Waals surface area contributed by atoms with E-state index in [-0.39, 0.29) is 41.1 Å². The molecule has 152 valence electrons. The van der Waals surface area contributed by atoms with Crippen LogP contribution in [0.4, 0.5) is 4.39 Å². The summed E-state index contributed by atoms with van der Waals surface area (Å²) in [5, 5.41) is 0. The summed E-state index contributed by atoms with van der Waals surface area (Å²) >= 11 is 0. The van der Waals surface area contributed by atoms with Crippen LogP contribution in [-0.2, 0) is 14.8 Å². The average molecular weight is 420 g/mol. The van der Waals surface area contributed by atoms with Gasteiger partial charge in [-0.15, -0.1) is 12.4 Å². The molecule has 27 heavy (non-hydrogen) atoms. The quantitative estimate of drug-likeness (QED) is 0.762. The lowest BCUT2D eigenvalue weighted by Crippen LogP contribution is -2.51. The van der Waals surface area contributed by atoms with Gasteiger partial charge in [-0.05, 0) is 56.3 Å². The van der Waals surface area contributed by atoms with Crippen molar-refractivity contribution in [3.05, 3.63) is 30.1 Å². The first kappa shape index (κ1) is 22.1. The van der Waals surface area contributed by atoms with Gasteiger partial charge >= 0.3 is 0 Å². The topological polar surface area (TPSA) is 92.5 Å². The predicted molar refractivity (Wildman–Crippen MR) is 103 cm³/mol. The molecule has 1 amide bonds. The van der Waals surface area contributed by atoms with Gasteiger partial charge in [-0.2, -0.15) is 0 Å². The summed E-state index contributed by atoms with van der Waals surface area (Å²) in [6.45, 7) is 1.51. The van der Waals surface area contributed by atoms with Crippen LogP contribution in [0.2, 0.25) is 0 Å². The minimum atomic E-state index is -3.81. The molecule has 9 heteroatoms. The molecule has 1 aromatic rings. The molecule has 6 nitrogen and oxygen atoms in total. The van der Waals surface area contributed by atoms with Crippen LogP contribution in [0.5, 0.6) is 0 Å². The molecule has 1 aliphatic heterocycles. The molecular weight excluding hydrogens is 393 g/mol. The number of benzene rings is 1. The van der Waals surface area contributed by atoms with Crippen molar-refractivity contribution in [1.82, 2.24) is 9.62 Å². The van der Waals surface area contributed by atoms with E-state index in [0.29, 0.717) is 26.1 Å². The van der Waals surface area contributed by atoms with Crippen LogP contribution in [-0.4, -0.2) is 44.9 Å². The monoisotopic (exact) mass is 419 g/mol. The van der Waals surface area contributed by atoms with Crippen molar-refractivity contribution in [2.24, 2.45) is 17.6 Å². The Bertz CT molecular complexity index is 762. The fourth-order valence-electron chi connectivity index (χ4n) is 4.07. The number of likely N-dealkylation sites (tertiary alicyclic amines) is 1. The third-order valence-corrected chi connectivity index (χ3v) is 6.96. The normalized spacial score (nSPS) is 25.9. The van der Waals surface area contributed by atoms with Crippen LogP contribution in [0, 0.1) is 17.7 Å². The van der Waals surface area contributed by atoms with Gasteiger partial charge in [0.2, 0.25) is 15.9 Å². The molecule has 2 aliphatic rings. The van der Waals surface area contributed by atoms with Gasteiger partial charge in [0.05, 0.1) is 4.90 Å². The second kappa shape index (κ2) is 9.32. The van der Waals surface area contributed by atoms with Crippen molar-refractivity contribution < 1.29 is 17.6 Å². The van der Waals surface area contributed by atoms with E-state index >= 15 is 0 Å². The summed E-state index contributed by atoms with van der Waals surface area (Å²) in [5.41, 5.74) is 5.79. The molecule has 1 aliphatic carbocycles. The second-order valence-corrected chi connectivity index (χ2v) is 8.95. The molecule has 1 heterocycles. The second-order valence-electron chi connectivity index (χ2n) is 7.24. The number of nitrogens with one attached hydrogen (secondary N) is 1. The van der Waals surface area contributed by atoms with Crippen molar-refractivity contribution in [3.63, 3.8) is 0 Å². The zero-order valence-corrected chi connectivity index (χ0v) is 16.8. The van der Waals surface area contributed by atoms with E-state index in [2.05, 4.69) is 4.72 Å². The van der Waals surface area contributed by atoms with E-state index in [4.69, 9.17) is 5.73 Å². The largest absolute Gasteiger partial charge is 0.341 e. The molecule has 1 saturated carbocycles. The van der Waals surface area contributed by atoms with Crippen LogP contribution >= 0.6 is 12.4 Å². The van der Waals surface area contributed by atoms with Gasteiger partial charge in [0.1, 0.15) is 5.82 Å². The number of carbonyl (C=O) groups is 1. The minimum Gasteiger partial charge on any atom is -0.341 e. The maximum atomic E-state index is 13.3. The third kappa shape index (κ3) is 5.19. The highest BCUT2D eigenvalue weighted by Crippen LogP contribution is 2.33. The Morgan fingerprint density at radius 2 is 2.04 bits per heavy atom. The Balaban J connectivity index is 0.00000261. The van der Waals surface area contributed by atoms with Crippen molar-refractivity contribution in [2.45, 2.75) is 43.0 Å². The lowest BCUT2D eigenvalue weighted by molar-refractivity contribution is -0.137. The number of hydrogen-bond donors (Lipinski definition) is 2. The van der Waals surface area contributed by atoms with Crippen molar-refractivity contribution in [1.29, 1.82) is 0 Å². The highest BCUT2D eigenvalue weighted by Gasteiger charge is 2.36. The maximum Gasteiger partial charge on any atom is 0.240 e. The standard InChI is InChI=1S/C18H26FN3O3S.ClH/c19-14-5-2-7-16(10-14)26(24,25)21-15-6-3-9-22(12-15)18(23)17-8-1-4-13(17)11-20;/h2,5,7,10,13,15,17,21H,1,3-4,6,8-9,11-12,20H2;1H/t13-,15?,17-;/m1./s1. The van der Waals surface area contributed by atoms with E-state index < -0.39 is 15.8 Å². The Kier molecular flexibility index (Phi) is 7.62. The number of rotatable bonds is 5. The first-order valence-corrected chi connectivity index (χ1v) is 10.7. The smallest absolute Gasteiger partial charge is 0.240 e. The van der Waals surface area contributed by atoms with Gasteiger partial charge in [-0.1, -0.05) is 12.5 Å². The molecule has 0 bridgehead atoms. The SMILES string of the molecule is Cl.NC[C@H]1CCC[C@H]1C(=O)N1CCCC(NS(=O)(=O)c2cccc(F)c2)C1. The van der Waals surface area contributed by atoms with Gasteiger partial charge in [0.15, 0.2) is 0 Å². The van der Waals surface area contributed by atoms with Crippen LogP contribution in [0.25, 0.3) is 0 Å². The van der Waals surface area contributed by atoms with Crippen LogP contribution in [0.15, 0.2) is 29.2 Å². The fraction of sp³-hybridized carbons (Fsp3) is 0.611. The number of carbonyl (C=O) groups excluding carboxylic acids is 1. The van der Waals surface area contributed by atoms with Gasteiger partial charge in [-0.3, -0.25) is 4.79 Å². The maximum absolute atomic E-state index is 13.3. The van der Waals surface area contributed by atoms with Gasteiger partial charge in [0, 0.05) is 25.0 Å². The highest BCUT2D eigenvalue weighted by atomic mass is 35.5. The first-order valence-electron chi connectivity index (χ1n) is 9.17. The molecular formula is C18H27ClFN3O3S. The Morgan fingerprint density at radius 1 is 1.26 bits per heavy atom. The van der Waals surface area contributed by atoms with Gasteiger partial charge < -0.3 is 10.6 Å². The lowest BCUT2D eigenvalue weighted by Gasteiger charge is -2.35. The molecule has 1 saturated heterocycles. The molecule has 3 rings (SSSR count). The molecule has 0 radical (unpaired) electrons. The number of piperidine rings is 1. The zero-order chi connectivity index (χ0) is 18.7.